The lowest BCUT2D eigenvalue weighted by atomic mass is 10.4. The quantitative estimate of drug-likeness (QED) is 0.698. The summed E-state index contributed by atoms with van der Waals surface area (Å²) in [4.78, 5) is 18.9. The SMILES string of the molecule is CCCN(CC(=O)OCC)Cc1nc(-c2cccs2)no1. The van der Waals surface area contributed by atoms with Crippen LogP contribution in [0.1, 0.15) is 26.2 Å². The molecule has 7 heteroatoms. The number of esters is 1. The van der Waals surface area contributed by atoms with Crippen LogP contribution in [0.2, 0.25) is 0 Å². The lowest BCUT2D eigenvalue weighted by Gasteiger charge is -2.18. The van der Waals surface area contributed by atoms with Crippen LogP contribution in [0.4, 0.5) is 0 Å². The molecule has 0 aliphatic heterocycles. The van der Waals surface area contributed by atoms with Crippen molar-refractivity contribution in [3.63, 3.8) is 0 Å². The van der Waals surface area contributed by atoms with Gasteiger partial charge >= 0.3 is 5.97 Å². The first-order valence-electron chi connectivity index (χ1n) is 6.97. The van der Waals surface area contributed by atoms with E-state index in [1.54, 1.807) is 18.3 Å². The fourth-order valence-electron chi connectivity index (χ4n) is 1.94. The van der Waals surface area contributed by atoms with Crippen LogP contribution < -0.4 is 0 Å². The lowest BCUT2D eigenvalue weighted by Crippen LogP contribution is -2.31. The van der Waals surface area contributed by atoms with E-state index in [1.807, 2.05) is 22.4 Å². The van der Waals surface area contributed by atoms with E-state index in [9.17, 15) is 4.79 Å². The molecule has 2 heterocycles. The number of hydrogen-bond donors (Lipinski definition) is 0. The molecule has 2 aromatic heterocycles. The molecule has 114 valence electrons. The molecule has 2 rings (SSSR count). The topological polar surface area (TPSA) is 68.5 Å². The number of carbonyl (C=O) groups is 1. The Morgan fingerprint density at radius 2 is 2.33 bits per heavy atom. The molecule has 0 N–H and O–H groups in total. The molecule has 0 unspecified atom stereocenters. The summed E-state index contributed by atoms with van der Waals surface area (Å²) in [6.07, 6.45) is 0.936. The molecule has 0 aromatic carbocycles. The molecule has 0 aliphatic carbocycles. The summed E-state index contributed by atoms with van der Waals surface area (Å²) >= 11 is 1.56. The van der Waals surface area contributed by atoms with Crippen LogP contribution in [0.5, 0.6) is 0 Å². The van der Waals surface area contributed by atoms with Crippen molar-refractivity contribution in [3.05, 3.63) is 23.4 Å². The van der Waals surface area contributed by atoms with Gasteiger partial charge in [-0.25, -0.2) is 0 Å². The molecule has 0 bridgehead atoms. The van der Waals surface area contributed by atoms with E-state index >= 15 is 0 Å². The predicted molar refractivity (Wildman–Crippen MR) is 79.8 cm³/mol. The van der Waals surface area contributed by atoms with Crippen LogP contribution in [0.3, 0.4) is 0 Å². The van der Waals surface area contributed by atoms with E-state index < -0.39 is 0 Å². The minimum atomic E-state index is -0.232. The average molecular weight is 309 g/mol. The summed E-state index contributed by atoms with van der Waals surface area (Å²) in [6.45, 7) is 5.71. The Balaban J connectivity index is 1.98. The second kappa shape index (κ2) is 7.90. The van der Waals surface area contributed by atoms with Crippen LogP contribution in [0, 0.1) is 0 Å². The highest BCUT2D eigenvalue weighted by molar-refractivity contribution is 7.13. The molecule has 6 nitrogen and oxygen atoms in total. The molecular formula is C14H19N3O3S. The van der Waals surface area contributed by atoms with Crippen molar-refractivity contribution < 1.29 is 14.1 Å². The highest BCUT2D eigenvalue weighted by Gasteiger charge is 2.16. The maximum absolute atomic E-state index is 11.6. The zero-order valence-corrected chi connectivity index (χ0v) is 13.1. The van der Waals surface area contributed by atoms with Crippen molar-refractivity contribution in [1.82, 2.24) is 15.0 Å². The molecule has 0 fully saturated rings. The Hall–Kier alpha value is -1.73. The highest BCUT2D eigenvalue weighted by atomic mass is 32.1. The Morgan fingerprint density at radius 3 is 3.00 bits per heavy atom. The number of ether oxygens (including phenoxy) is 1. The lowest BCUT2D eigenvalue weighted by molar-refractivity contribution is -0.144. The number of rotatable bonds is 8. The molecule has 0 aliphatic rings. The first-order chi connectivity index (χ1) is 10.2. The number of nitrogens with zero attached hydrogens (tertiary/aromatic N) is 3. The van der Waals surface area contributed by atoms with Gasteiger partial charge in [0.1, 0.15) is 0 Å². The summed E-state index contributed by atoms with van der Waals surface area (Å²) in [7, 11) is 0. The van der Waals surface area contributed by atoms with Crippen molar-refractivity contribution in [2.75, 3.05) is 19.7 Å². The Bertz CT molecular complexity index is 554. The van der Waals surface area contributed by atoms with E-state index in [1.165, 1.54) is 0 Å². The smallest absolute Gasteiger partial charge is 0.320 e. The monoisotopic (exact) mass is 309 g/mol. The van der Waals surface area contributed by atoms with Crippen LogP contribution in [-0.2, 0) is 16.1 Å². The number of hydrogen-bond acceptors (Lipinski definition) is 7. The summed E-state index contributed by atoms with van der Waals surface area (Å²) < 4.78 is 10.2. The summed E-state index contributed by atoms with van der Waals surface area (Å²) in [5, 5.41) is 5.94. The van der Waals surface area contributed by atoms with Gasteiger partial charge < -0.3 is 9.26 Å². The summed E-state index contributed by atoms with van der Waals surface area (Å²) in [5.41, 5.74) is 0. The first-order valence-corrected chi connectivity index (χ1v) is 7.85. The van der Waals surface area contributed by atoms with Gasteiger partial charge in [0.25, 0.3) is 0 Å². The third-order valence-corrected chi connectivity index (χ3v) is 3.63. The largest absolute Gasteiger partial charge is 0.465 e. The molecule has 0 spiro atoms. The third-order valence-electron chi connectivity index (χ3n) is 2.77. The second-order valence-corrected chi connectivity index (χ2v) is 5.45. The fourth-order valence-corrected chi connectivity index (χ4v) is 2.58. The molecule has 0 radical (unpaired) electrons. The average Bonchev–Trinajstić information content (AvgIpc) is 3.09. The van der Waals surface area contributed by atoms with Gasteiger partial charge in [0, 0.05) is 0 Å². The van der Waals surface area contributed by atoms with Crippen LogP contribution >= 0.6 is 11.3 Å². The van der Waals surface area contributed by atoms with Crippen molar-refractivity contribution in [3.8, 4) is 10.7 Å². The van der Waals surface area contributed by atoms with E-state index in [4.69, 9.17) is 9.26 Å². The maximum atomic E-state index is 11.6. The van der Waals surface area contributed by atoms with Gasteiger partial charge in [-0.3, -0.25) is 9.69 Å². The van der Waals surface area contributed by atoms with E-state index in [0.29, 0.717) is 24.9 Å². The van der Waals surface area contributed by atoms with Crippen molar-refractivity contribution in [1.29, 1.82) is 0 Å². The molecule has 2 aromatic rings. The van der Waals surface area contributed by atoms with Crippen LogP contribution in [0.15, 0.2) is 22.0 Å². The molecule has 21 heavy (non-hydrogen) atoms. The molecule has 0 atom stereocenters. The number of thiophene rings is 1. The van der Waals surface area contributed by atoms with Gasteiger partial charge in [0.2, 0.25) is 11.7 Å². The highest BCUT2D eigenvalue weighted by Crippen LogP contribution is 2.21. The Kier molecular flexibility index (Phi) is 5.89. The van der Waals surface area contributed by atoms with Crippen molar-refractivity contribution in [2.24, 2.45) is 0 Å². The maximum Gasteiger partial charge on any atom is 0.320 e. The Labute approximate surface area is 127 Å². The molecule has 0 saturated heterocycles. The molecule has 0 saturated carbocycles. The van der Waals surface area contributed by atoms with Gasteiger partial charge in [-0.05, 0) is 31.3 Å². The normalized spacial score (nSPS) is 11.0. The van der Waals surface area contributed by atoms with Gasteiger partial charge in [0.15, 0.2) is 0 Å². The van der Waals surface area contributed by atoms with E-state index in [-0.39, 0.29) is 12.5 Å². The van der Waals surface area contributed by atoms with E-state index in [0.717, 1.165) is 17.8 Å². The number of aromatic nitrogens is 2. The minimum absolute atomic E-state index is 0.232. The van der Waals surface area contributed by atoms with Crippen LogP contribution in [-0.4, -0.2) is 40.7 Å². The number of carbonyl (C=O) groups excluding carboxylic acids is 1. The van der Waals surface area contributed by atoms with Gasteiger partial charge in [0.05, 0.1) is 24.6 Å². The van der Waals surface area contributed by atoms with Gasteiger partial charge in [-0.15, -0.1) is 11.3 Å². The predicted octanol–water partition coefficient (Wildman–Crippen LogP) is 2.57. The standard InChI is InChI=1S/C14H19N3O3S/c1-3-7-17(10-13(18)19-4-2)9-12-15-14(16-20-12)11-6-5-8-21-11/h5-6,8H,3-4,7,9-10H2,1-2H3. The van der Waals surface area contributed by atoms with Crippen molar-refractivity contribution >= 4 is 17.3 Å². The zero-order chi connectivity index (χ0) is 15.1. The minimum Gasteiger partial charge on any atom is -0.465 e. The van der Waals surface area contributed by atoms with Gasteiger partial charge in [-0.2, -0.15) is 4.98 Å². The molecular weight excluding hydrogens is 290 g/mol. The van der Waals surface area contributed by atoms with Crippen LogP contribution in [0.25, 0.3) is 10.7 Å². The first kappa shape index (κ1) is 15.7. The summed E-state index contributed by atoms with van der Waals surface area (Å²) in [6, 6.07) is 3.89. The Morgan fingerprint density at radius 1 is 1.48 bits per heavy atom. The molecule has 0 amide bonds. The third kappa shape index (κ3) is 4.64. The van der Waals surface area contributed by atoms with E-state index in [2.05, 4.69) is 17.1 Å². The second-order valence-electron chi connectivity index (χ2n) is 4.50. The fraction of sp³-hybridized carbons (Fsp3) is 0.500. The zero-order valence-electron chi connectivity index (χ0n) is 12.2. The van der Waals surface area contributed by atoms with Crippen molar-refractivity contribution in [2.45, 2.75) is 26.8 Å². The van der Waals surface area contributed by atoms with Gasteiger partial charge in [-0.1, -0.05) is 18.1 Å². The summed E-state index contributed by atoms with van der Waals surface area (Å²) in [5.74, 6) is 0.868.